The minimum atomic E-state index is 0.313. The van der Waals surface area contributed by atoms with Crippen LogP contribution in [-0.4, -0.2) is 9.97 Å². The van der Waals surface area contributed by atoms with E-state index in [1.807, 2.05) is 24.3 Å². The van der Waals surface area contributed by atoms with Gasteiger partial charge in [-0.3, -0.25) is 0 Å². The van der Waals surface area contributed by atoms with Crippen LogP contribution in [-0.2, 0) is 0 Å². The number of anilines is 1. The fourth-order valence-electron chi connectivity index (χ4n) is 1.60. The van der Waals surface area contributed by atoms with Gasteiger partial charge in [-0.1, -0.05) is 13.8 Å². The number of nitrogen functional groups attached to an aromatic ring is 1. The molecule has 0 amide bonds. The van der Waals surface area contributed by atoms with Gasteiger partial charge in [0.15, 0.2) is 5.82 Å². The molecule has 1 aromatic carbocycles. The van der Waals surface area contributed by atoms with Crippen LogP contribution in [0.25, 0.3) is 11.4 Å². The Bertz CT molecular complexity index is 599. The molecule has 0 bridgehead atoms. The lowest BCUT2D eigenvalue weighted by molar-refractivity contribution is 0.817. The minimum absolute atomic E-state index is 0.313. The molecule has 6 heteroatoms. The van der Waals surface area contributed by atoms with Crippen LogP contribution in [0.4, 0.5) is 5.82 Å². The van der Waals surface area contributed by atoms with Crippen LogP contribution in [0.3, 0.4) is 0 Å². The second-order valence-electron chi connectivity index (χ2n) is 4.43. The van der Waals surface area contributed by atoms with Crippen molar-refractivity contribution in [3.05, 3.63) is 38.9 Å². The molecule has 0 aliphatic rings. The maximum absolute atomic E-state index is 5.46. The predicted octanol–water partition coefficient (Wildman–Crippen LogP) is 4.08. The van der Waals surface area contributed by atoms with E-state index in [-0.39, 0.29) is 0 Å². The third kappa shape index (κ3) is 3.32. The second kappa shape index (κ2) is 5.98. The molecule has 0 radical (unpaired) electrons. The first kappa shape index (κ1) is 14.4. The number of rotatable bonds is 3. The van der Waals surface area contributed by atoms with Crippen LogP contribution in [0.15, 0.2) is 33.2 Å². The number of aromatic nitrogens is 2. The molecule has 0 saturated heterocycles. The Kier molecular flexibility index (Phi) is 4.54. The Morgan fingerprint density at radius 2 is 1.84 bits per heavy atom. The van der Waals surface area contributed by atoms with Crippen molar-refractivity contribution < 1.29 is 0 Å². The molecule has 0 spiro atoms. The fraction of sp³-hybridized carbons (Fsp3) is 0.231. The molecule has 0 aliphatic heterocycles. The molecular weight excluding hydrogens is 372 g/mol. The number of nitrogens with two attached hydrogens (primary N) is 1. The molecule has 0 aliphatic carbocycles. The van der Waals surface area contributed by atoms with E-state index in [0.29, 0.717) is 17.6 Å². The Morgan fingerprint density at radius 1 is 1.11 bits per heavy atom. The van der Waals surface area contributed by atoms with Crippen LogP contribution in [0, 0.1) is 0 Å². The van der Waals surface area contributed by atoms with Gasteiger partial charge < -0.3 is 5.43 Å². The molecule has 2 aromatic rings. The SMILES string of the molecule is CC(C)c1cc(NN)nc(-c2ccc(Br)c(Br)c2)n1. The zero-order chi connectivity index (χ0) is 14.0. The molecule has 1 aromatic heterocycles. The summed E-state index contributed by atoms with van der Waals surface area (Å²) in [5, 5.41) is 0. The van der Waals surface area contributed by atoms with Crippen molar-refractivity contribution in [3.63, 3.8) is 0 Å². The Hall–Kier alpha value is -0.980. The molecule has 1 heterocycles. The van der Waals surface area contributed by atoms with Gasteiger partial charge in [-0.2, -0.15) is 0 Å². The van der Waals surface area contributed by atoms with Gasteiger partial charge in [-0.25, -0.2) is 15.8 Å². The summed E-state index contributed by atoms with van der Waals surface area (Å²) in [6.45, 7) is 4.17. The fourth-order valence-corrected chi connectivity index (χ4v) is 2.23. The number of benzene rings is 1. The van der Waals surface area contributed by atoms with E-state index in [1.165, 1.54) is 0 Å². The summed E-state index contributed by atoms with van der Waals surface area (Å²) in [7, 11) is 0. The van der Waals surface area contributed by atoms with Gasteiger partial charge in [0.1, 0.15) is 5.82 Å². The molecule has 0 fully saturated rings. The quantitative estimate of drug-likeness (QED) is 0.617. The maximum Gasteiger partial charge on any atom is 0.161 e. The van der Waals surface area contributed by atoms with E-state index in [9.17, 15) is 0 Å². The van der Waals surface area contributed by atoms with Crippen molar-refractivity contribution in [2.24, 2.45) is 5.84 Å². The van der Waals surface area contributed by atoms with Gasteiger partial charge in [0.2, 0.25) is 0 Å². The summed E-state index contributed by atoms with van der Waals surface area (Å²) in [6.07, 6.45) is 0. The van der Waals surface area contributed by atoms with Crippen molar-refractivity contribution in [1.29, 1.82) is 0 Å². The molecule has 2 rings (SSSR count). The van der Waals surface area contributed by atoms with Crippen LogP contribution in [0.5, 0.6) is 0 Å². The number of nitrogens with zero attached hydrogens (tertiary/aromatic N) is 2. The summed E-state index contributed by atoms with van der Waals surface area (Å²) in [5.41, 5.74) is 4.48. The summed E-state index contributed by atoms with van der Waals surface area (Å²) in [6, 6.07) is 7.76. The summed E-state index contributed by atoms with van der Waals surface area (Å²) < 4.78 is 1.96. The van der Waals surface area contributed by atoms with Gasteiger partial charge >= 0.3 is 0 Å². The summed E-state index contributed by atoms with van der Waals surface area (Å²) in [5.74, 6) is 7.05. The largest absolute Gasteiger partial charge is 0.308 e. The zero-order valence-electron chi connectivity index (χ0n) is 10.6. The summed E-state index contributed by atoms with van der Waals surface area (Å²) in [4.78, 5) is 8.97. The Balaban J connectivity index is 2.54. The molecule has 0 saturated carbocycles. The lowest BCUT2D eigenvalue weighted by Gasteiger charge is -2.10. The first-order valence-electron chi connectivity index (χ1n) is 5.82. The minimum Gasteiger partial charge on any atom is -0.308 e. The van der Waals surface area contributed by atoms with Crippen molar-refractivity contribution in [2.45, 2.75) is 19.8 Å². The van der Waals surface area contributed by atoms with Gasteiger partial charge in [0, 0.05) is 26.3 Å². The average Bonchev–Trinajstić information content (AvgIpc) is 2.41. The smallest absolute Gasteiger partial charge is 0.161 e. The van der Waals surface area contributed by atoms with E-state index >= 15 is 0 Å². The molecule has 4 nitrogen and oxygen atoms in total. The van der Waals surface area contributed by atoms with Crippen molar-refractivity contribution >= 4 is 37.7 Å². The molecule has 100 valence electrons. The number of nitrogens with one attached hydrogen (secondary N) is 1. The molecular formula is C13H14Br2N4. The summed E-state index contributed by atoms with van der Waals surface area (Å²) >= 11 is 6.93. The lowest BCUT2D eigenvalue weighted by Crippen LogP contribution is -2.11. The van der Waals surface area contributed by atoms with Gasteiger partial charge in [0.25, 0.3) is 0 Å². The van der Waals surface area contributed by atoms with Crippen molar-refractivity contribution in [2.75, 3.05) is 5.43 Å². The third-order valence-electron chi connectivity index (χ3n) is 2.66. The topological polar surface area (TPSA) is 63.8 Å². The highest BCUT2D eigenvalue weighted by Gasteiger charge is 2.10. The van der Waals surface area contributed by atoms with Crippen LogP contribution in [0.1, 0.15) is 25.5 Å². The Labute approximate surface area is 129 Å². The number of halogens is 2. The van der Waals surface area contributed by atoms with Gasteiger partial charge in [0.05, 0.1) is 0 Å². The Morgan fingerprint density at radius 3 is 2.42 bits per heavy atom. The number of hydrogen-bond acceptors (Lipinski definition) is 4. The predicted molar refractivity (Wildman–Crippen MR) is 84.8 cm³/mol. The van der Waals surface area contributed by atoms with E-state index in [0.717, 1.165) is 20.2 Å². The highest BCUT2D eigenvalue weighted by molar-refractivity contribution is 9.13. The lowest BCUT2D eigenvalue weighted by atomic mass is 10.1. The van der Waals surface area contributed by atoms with Gasteiger partial charge in [-0.15, -0.1) is 0 Å². The zero-order valence-corrected chi connectivity index (χ0v) is 13.8. The van der Waals surface area contributed by atoms with Crippen LogP contribution >= 0.6 is 31.9 Å². The third-order valence-corrected chi connectivity index (χ3v) is 4.54. The highest BCUT2D eigenvalue weighted by Crippen LogP contribution is 2.28. The first-order valence-corrected chi connectivity index (χ1v) is 7.41. The standard InChI is InChI=1S/C13H14Br2N4/c1-7(2)11-6-12(19-16)18-13(17-11)8-3-4-9(14)10(15)5-8/h3-7H,16H2,1-2H3,(H,17,18,19). The monoisotopic (exact) mass is 384 g/mol. The first-order chi connectivity index (χ1) is 9.01. The molecule has 0 atom stereocenters. The van der Waals surface area contributed by atoms with Crippen LogP contribution < -0.4 is 11.3 Å². The average molecular weight is 386 g/mol. The molecule has 3 N–H and O–H groups in total. The van der Waals surface area contributed by atoms with Crippen LogP contribution in [0.2, 0.25) is 0 Å². The number of hydrogen-bond donors (Lipinski definition) is 2. The maximum atomic E-state index is 5.46. The van der Waals surface area contributed by atoms with E-state index in [2.05, 4.69) is 61.1 Å². The molecule has 0 unspecified atom stereocenters. The molecule has 19 heavy (non-hydrogen) atoms. The highest BCUT2D eigenvalue weighted by atomic mass is 79.9. The van der Waals surface area contributed by atoms with E-state index < -0.39 is 0 Å². The normalized spacial score (nSPS) is 10.8. The van der Waals surface area contributed by atoms with E-state index in [4.69, 9.17) is 5.84 Å². The van der Waals surface area contributed by atoms with Crippen molar-refractivity contribution in [3.8, 4) is 11.4 Å². The van der Waals surface area contributed by atoms with Gasteiger partial charge in [-0.05, 0) is 56.0 Å². The number of hydrazine groups is 1. The second-order valence-corrected chi connectivity index (χ2v) is 6.14. The van der Waals surface area contributed by atoms with Crippen molar-refractivity contribution in [1.82, 2.24) is 9.97 Å². The van der Waals surface area contributed by atoms with E-state index in [1.54, 1.807) is 0 Å².